The van der Waals surface area contributed by atoms with Gasteiger partial charge in [-0.15, -0.1) is 36.2 Å². The van der Waals surface area contributed by atoms with Crippen molar-refractivity contribution < 1.29 is 14.3 Å². The Morgan fingerprint density at radius 1 is 1.25 bits per heavy atom. The zero-order chi connectivity index (χ0) is 28.6. The number of benzene rings is 2. The highest BCUT2D eigenvalue weighted by Crippen LogP contribution is 2.35. The van der Waals surface area contributed by atoms with E-state index in [0.29, 0.717) is 23.5 Å². The van der Waals surface area contributed by atoms with Crippen LogP contribution in [0.3, 0.4) is 0 Å². The van der Waals surface area contributed by atoms with Crippen LogP contribution >= 0.6 is 48.4 Å². The summed E-state index contributed by atoms with van der Waals surface area (Å²) in [4.78, 5) is 33.1. The molecule has 2 fully saturated rings. The maximum atomic E-state index is 12.8. The van der Waals surface area contributed by atoms with E-state index in [1.807, 2.05) is 61.5 Å². The quantitative estimate of drug-likeness (QED) is 0.147. The zero-order valence-corrected chi connectivity index (χ0v) is 26.0. The number of carbonyl (C=O) groups excluding carboxylic acids is 2. The van der Waals surface area contributed by atoms with Gasteiger partial charge in [-0.05, 0) is 29.8 Å². The minimum absolute atomic E-state index is 0.180. The number of anilines is 1. The Kier molecular flexibility index (Phi) is 10.8. The highest BCUT2D eigenvalue weighted by Gasteiger charge is 2.32. The molecule has 0 saturated carbocycles. The lowest BCUT2D eigenvalue weighted by Gasteiger charge is -2.21. The molecule has 0 radical (unpaired) electrons. The van der Waals surface area contributed by atoms with E-state index < -0.39 is 5.97 Å². The first-order chi connectivity index (χ1) is 19.2. The Balaban J connectivity index is 1.26. The molecule has 2 aliphatic heterocycles. The molecule has 1 amide bonds. The van der Waals surface area contributed by atoms with Crippen molar-refractivity contribution in [1.82, 2.24) is 9.80 Å². The van der Waals surface area contributed by atoms with E-state index in [9.17, 15) is 9.59 Å². The second-order valence-electron chi connectivity index (χ2n) is 9.47. The summed E-state index contributed by atoms with van der Waals surface area (Å²) in [5.41, 5.74) is 3.78. The summed E-state index contributed by atoms with van der Waals surface area (Å²) in [5.74, 6) is 1.16. The van der Waals surface area contributed by atoms with E-state index in [-0.39, 0.29) is 19.1 Å². The minimum Gasteiger partial charge on any atom is -0.462 e. The average molecular weight is 612 g/mol. The van der Waals surface area contributed by atoms with Crippen LogP contribution in [0.5, 0.6) is 0 Å². The van der Waals surface area contributed by atoms with Crippen LogP contribution in [0.15, 0.2) is 82.8 Å². The number of rotatable bonds is 11. The third kappa shape index (κ3) is 7.96. The van der Waals surface area contributed by atoms with Crippen molar-refractivity contribution in [1.29, 1.82) is 0 Å². The monoisotopic (exact) mass is 611 g/mol. The van der Waals surface area contributed by atoms with Crippen LogP contribution in [0.1, 0.15) is 17.5 Å². The number of thiol groups is 1. The first kappa shape index (κ1) is 30.3. The van der Waals surface area contributed by atoms with Gasteiger partial charge in [-0.25, -0.2) is 0 Å². The second kappa shape index (κ2) is 14.3. The Hall–Kier alpha value is -2.66. The van der Waals surface area contributed by atoms with Crippen LogP contribution < -0.4 is 4.90 Å². The summed E-state index contributed by atoms with van der Waals surface area (Å²) in [7, 11) is 3.97. The maximum Gasteiger partial charge on any atom is 0.326 e. The number of ether oxygens (including phenoxy) is 1. The average Bonchev–Trinajstić information content (AvgIpc) is 3.48. The SMILES string of the molecule is C=C(SCc1ccccc1)c1cc(N(C)CCOC(=O)CN2C(=O)/C(=C/C=C3\SCCN3C)CC2=S)ccc1S. The van der Waals surface area contributed by atoms with Gasteiger partial charge in [0.15, 0.2) is 0 Å². The van der Waals surface area contributed by atoms with Crippen molar-refractivity contribution in [2.24, 2.45) is 0 Å². The number of hydrogen-bond donors (Lipinski definition) is 1. The summed E-state index contributed by atoms with van der Waals surface area (Å²) in [5, 5.41) is 1.12. The highest BCUT2D eigenvalue weighted by molar-refractivity contribution is 8.07. The predicted molar refractivity (Wildman–Crippen MR) is 175 cm³/mol. The van der Waals surface area contributed by atoms with Gasteiger partial charge in [-0.3, -0.25) is 14.5 Å². The van der Waals surface area contributed by atoms with E-state index in [1.165, 1.54) is 10.5 Å². The fraction of sp³-hybridized carbons (Fsp3) is 0.300. The molecular weight excluding hydrogens is 579 g/mol. The van der Waals surface area contributed by atoms with Gasteiger partial charge in [0.25, 0.3) is 5.91 Å². The van der Waals surface area contributed by atoms with Crippen molar-refractivity contribution >= 4 is 75.8 Å². The molecule has 210 valence electrons. The van der Waals surface area contributed by atoms with Crippen LogP contribution in [0.2, 0.25) is 0 Å². The number of amides is 1. The number of likely N-dealkylation sites (N-methyl/N-ethyl adjacent to an activating group) is 1. The van der Waals surface area contributed by atoms with Gasteiger partial charge in [-0.2, -0.15) is 0 Å². The standard InChI is InChI=1S/C30H33N3O3S4/c1-21(40-20-22-7-5-4-6-8-22)25-18-24(10-11-26(25)37)31(2)13-15-36-29(34)19-33-27(38)17-23(30(33)35)9-12-28-32(3)14-16-39-28/h4-12,18,37H,1,13-17,19-20H2,2-3H3/b23-9+,28-12-. The van der Waals surface area contributed by atoms with Crippen molar-refractivity contribution in [2.45, 2.75) is 17.1 Å². The number of thiocarbonyl (C=S) groups is 1. The predicted octanol–water partition coefficient (Wildman–Crippen LogP) is 5.86. The number of likely N-dealkylation sites (tertiary alicyclic amines) is 1. The molecule has 2 saturated heterocycles. The van der Waals surface area contributed by atoms with Gasteiger partial charge >= 0.3 is 5.97 Å². The summed E-state index contributed by atoms with van der Waals surface area (Å²) in [6.45, 7) is 5.75. The Bertz CT molecular complexity index is 1340. The molecule has 2 aromatic rings. The van der Waals surface area contributed by atoms with E-state index in [1.54, 1.807) is 23.5 Å². The van der Waals surface area contributed by atoms with Gasteiger partial charge in [0.2, 0.25) is 0 Å². The zero-order valence-electron chi connectivity index (χ0n) is 22.7. The van der Waals surface area contributed by atoms with Crippen molar-refractivity contribution in [3.8, 4) is 0 Å². The smallest absolute Gasteiger partial charge is 0.326 e. The summed E-state index contributed by atoms with van der Waals surface area (Å²) in [6.07, 6.45) is 4.13. The van der Waals surface area contributed by atoms with E-state index in [0.717, 1.165) is 44.1 Å². The highest BCUT2D eigenvalue weighted by atomic mass is 32.2. The summed E-state index contributed by atoms with van der Waals surface area (Å²) < 4.78 is 5.46. The number of nitrogens with zero attached hydrogens (tertiary/aromatic N) is 3. The number of allylic oxidation sites excluding steroid dienone is 2. The minimum atomic E-state index is -0.480. The van der Waals surface area contributed by atoms with E-state index in [2.05, 4.69) is 42.3 Å². The van der Waals surface area contributed by atoms with Crippen molar-refractivity contribution in [2.75, 3.05) is 51.0 Å². The van der Waals surface area contributed by atoms with Crippen molar-refractivity contribution in [3.05, 3.63) is 89.0 Å². The van der Waals surface area contributed by atoms with Crippen LogP contribution in [-0.2, 0) is 20.1 Å². The second-order valence-corrected chi connectivity index (χ2v) is 12.6. The van der Waals surface area contributed by atoms with Gasteiger partial charge in [0.1, 0.15) is 13.2 Å². The molecule has 0 aliphatic carbocycles. The molecule has 40 heavy (non-hydrogen) atoms. The van der Waals surface area contributed by atoms with Crippen LogP contribution in [0, 0.1) is 0 Å². The third-order valence-electron chi connectivity index (χ3n) is 6.60. The molecule has 0 aromatic heterocycles. The third-order valence-corrected chi connectivity index (χ3v) is 9.53. The van der Waals surface area contributed by atoms with Gasteiger partial charge in [-0.1, -0.05) is 55.2 Å². The lowest BCUT2D eigenvalue weighted by Crippen LogP contribution is -2.35. The fourth-order valence-electron chi connectivity index (χ4n) is 4.17. The van der Waals surface area contributed by atoms with Crippen LogP contribution in [-0.4, -0.2) is 72.8 Å². The lowest BCUT2D eigenvalue weighted by molar-refractivity contribution is -0.145. The Labute approximate surface area is 255 Å². The molecule has 0 spiro atoms. The molecule has 0 N–H and O–H groups in total. The molecule has 0 atom stereocenters. The molecular formula is C30H33N3O3S4. The Morgan fingerprint density at radius 3 is 2.75 bits per heavy atom. The molecule has 2 heterocycles. The molecule has 10 heteroatoms. The van der Waals surface area contributed by atoms with Crippen LogP contribution in [0.25, 0.3) is 4.91 Å². The number of hydrogen-bond acceptors (Lipinski definition) is 9. The first-order valence-corrected chi connectivity index (χ1v) is 15.7. The van der Waals surface area contributed by atoms with Gasteiger partial charge < -0.3 is 14.5 Å². The number of thioether (sulfide) groups is 2. The van der Waals surface area contributed by atoms with E-state index >= 15 is 0 Å². The lowest BCUT2D eigenvalue weighted by atomic mass is 10.2. The number of esters is 1. The van der Waals surface area contributed by atoms with E-state index in [4.69, 9.17) is 17.0 Å². The summed E-state index contributed by atoms with van der Waals surface area (Å²) >= 11 is 13.5. The normalized spacial score (nSPS) is 17.3. The number of carbonyl (C=O) groups is 2. The molecule has 4 rings (SSSR count). The summed E-state index contributed by atoms with van der Waals surface area (Å²) in [6, 6.07) is 16.3. The maximum absolute atomic E-state index is 12.8. The fourth-order valence-corrected chi connectivity index (χ4v) is 6.73. The molecule has 2 aromatic carbocycles. The van der Waals surface area contributed by atoms with Gasteiger partial charge in [0, 0.05) is 65.2 Å². The van der Waals surface area contributed by atoms with Crippen molar-refractivity contribution in [3.63, 3.8) is 0 Å². The van der Waals surface area contributed by atoms with Gasteiger partial charge in [0.05, 0.1) is 16.6 Å². The topological polar surface area (TPSA) is 53.1 Å². The Morgan fingerprint density at radius 2 is 2.02 bits per heavy atom. The molecule has 0 unspecified atom stereocenters. The molecule has 2 aliphatic rings. The largest absolute Gasteiger partial charge is 0.462 e. The van der Waals surface area contributed by atoms with Crippen LogP contribution in [0.4, 0.5) is 5.69 Å². The molecule has 6 nitrogen and oxygen atoms in total. The molecule has 0 bridgehead atoms. The first-order valence-electron chi connectivity index (χ1n) is 12.9.